The highest BCUT2D eigenvalue weighted by Gasteiger charge is 2.27. The van der Waals surface area contributed by atoms with Crippen molar-refractivity contribution < 1.29 is 14.7 Å². The lowest BCUT2D eigenvalue weighted by molar-refractivity contribution is -0.146. The Balaban J connectivity index is 2.05. The fraction of sp³-hybridized carbons (Fsp3) is 0.333. The molecule has 1 aliphatic rings. The van der Waals surface area contributed by atoms with Gasteiger partial charge in [-0.3, -0.25) is 9.59 Å². The molecule has 6 nitrogen and oxygen atoms in total. The minimum Gasteiger partial charge on any atom is -0.481 e. The van der Waals surface area contributed by atoms with Crippen LogP contribution in [0.1, 0.15) is 24.2 Å². The Morgan fingerprint density at radius 3 is 2.68 bits per heavy atom. The van der Waals surface area contributed by atoms with E-state index in [0.29, 0.717) is 11.3 Å². The van der Waals surface area contributed by atoms with Gasteiger partial charge in [0, 0.05) is 12.1 Å². The van der Waals surface area contributed by atoms with E-state index in [1.165, 1.54) is 0 Å². The van der Waals surface area contributed by atoms with Crippen molar-refractivity contribution in [2.45, 2.75) is 13.8 Å². The first-order valence-electron chi connectivity index (χ1n) is 5.64. The second kappa shape index (κ2) is 4.93. The van der Waals surface area contributed by atoms with E-state index in [9.17, 15) is 9.59 Å². The molecule has 0 aromatic heterocycles. The van der Waals surface area contributed by atoms with Crippen LogP contribution in [0.2, 0.25) is 0 Å². The molecule has 0 atom stereocenters. The van der Waals surface area contributed by atoms with Crippen molar-refractivity contribution in [3.05, 3.63) is 23.8 Å². The maximum atomic E-state index is 11.9. The summed E-state index contributed by atoms with van der Waals surface area (Å²) in [5.74, 6) is -1.27. The Hall–Kier alpha value is -2.02. The van der Waals surface area contributed by atoms with E-state index in [1.54, 1.807) is 32.0 Å². The maximum Gasteiger partial charge on any atom is 0.310 e. The number of carbonyl (C=O) groups is 2. The molecular weight excluding hydrogens is 266 g/mol. The molecule has 0 unspecified atom stereocenters. The molecule has 1 aromatic carbocycles. The first-order chi connectivity index (χ1) is 8.90. The van der Waals surface area contributed by atoms with Gasteiger partial charge in [-0.05, 0) is 32.0 Å². The van der Waals surface area contributed by atoms with Gasteiger partial charge in [0.1, 0.15) is 11.4 Å². The van der Waals surface area contributed by atoms with Gasteiger partial charge in [0.05, 0.1) is 16.8 Å². The average Bonchev–Trinajstić information content (AvgIpc) is 2.82. The Kier molecular flexibility index (Phi) is 3.48. The molecule has 1 amide bonds. The fourth-order valence-corrected chi connectivity index (χ4v) is 1.92. The minimum absolute atomic E-state index is 0.0640. The van der Waals surface area contributed by atoms with Crippen molar-refractivity contribution in [2.24, 2.45) is 14.1 Å². The minimum atomic E-state index is -0.998. The van der Waals surface area contributed by atoms with E-state index in [-0.39, 0.29) is 12.5 Å². The number of amides is 1. The number of carboxylic acids is 1. The van der Waals surface area contributed by atoms with Gasteiger partial charge in [0.2, 0.25) is 0 Å². The van der Waals surface area contributed by atoms with Crippen LogP contribution in [0.4, 0.5) is 11.4 Å². The monoisotopic (exact) mass is 279 g/mol. The number of aliphatic carboxylic acids is 1. The number of carbonyl (C=O) groups excluding carboxylic acids is 1. The smallest absolute Gasteiger partial charge is 0.310 e. The third kappa shape index (κ3) is 2.87. The Bertz CT molecular complexity index is 619. The van der Waals surface area contributed by atoms with E-state index >= 15 is 0 Å². The largest absolute Gasteiger partial charge is 0.481 e. The van der Waals surface area contributed by atoms with Gasteiger partial charge in [-0.1, -0.05) is 0 Å². The summed E-state index contributed by atoms with van der Waals surface area (Å²) < 4.78 is 8.10. The number of benzene rings is 1. The highest BCUT2D eigenvalue weighted by molar-refractivity contribution is 7.58. The summed E-state index contributed by atoms with van der Waals surface area (Å²) in [5, 5.41) is 11.6. The number of carboxylic acid groups (broad SMARTS) is 1. The van der Waals surface area contributed by atoms with Crippen molar-refractivity contribution in [1.29, 1.82) is 0 Å². The van der Waals surface area contributed by atoms with Crippen LogP contribution in [0.5, 0.6) is 0 Å². The zero-order chi connectivity index (χ0) is 14.0. The van der Waals surface area contributed by atoms with Gasteiger partial charge in [0.15, 0.2) is 0 Å². The Morgan fingerprint density at radius 2 is 2.00 bits per heavy atom. The zero-order valence-corrected chi connectivity index (χ0v) is 11.3. The summed E-state index contributed by atoms with van der Waals surface area (Å²) in [5.41, 5.74) is 0.853. The van der Waals surface area contributed by atoms with Crippen LogP contribution < -0.4 is 5.32 Å². The van der Waals surface area contributed by atoms with Crippen LogP contribution in [0.15, 0.2) is 26.9 Å². The Morgan fingerprint density at radius 1 is 1.32 bits per heavy atom. The number of nitrogens with zero attached hydrogens (tertiary/aromatic N) is 2. The zero-order valence-electron chi connectivity index (χ0n) is 10.5. The van der Waals surface area contributed by atoms with Gasteiger partial charge >= 0.3 is 5.97 Å². The quantitative estimate of drug-likeness (QED) is 0.899. The molecule has 1 aromatic rings. The summed E-state index contributed by atoms with van der Waals surface area (Å²) in [7, 11) is 0. The third-order valence-electron chi connectivity index (χ3n) is 2.79. The molecule has 0 radical (unpaired) electrons. The molecule has 2 N–H and O–H groups in total. The van der Waals surface area contributed by atoms with Gasteiger partial charge < -0.3 is 10.4 Å². The first-order valence-corrected chi connectivity index (χ1v) is 6.37. The van der Waals surface area contributed by atoms with E-state index in [4.69, 9.17) is 5.11 Å². The predicted octanol–water partition coefficient (Wildman–Crippen LogP) is 2.25. The SMILES string of the molecule is CC(C)(CNC(=O)c1ccc2c(c1)N=S=N2)C(=O)O. The van der Waals surface area contributed by atoms with Crippen LogP contribution in [0, 0.1) is 5.41 Å². The molecule has 0 spiro atoms. The predicted molar refractivity (Wildman–Crippen MR) is 71.7 cm³/mol. The number of hydrogen-bond acceptors (Lipinski definition) is 4. The summed E-state index contributed by atoms with van der Waals surface area (Å²) >= 11 is 1.09. The van der Waals surface area contributed by atoms with Gasteiger partial charge in [0.25, 0.3) is 5.91 Å². The van der Waals surface area contributed by atoms with Crippen molar-refractivity contribution >= 4 is 34.6 Å². The number of fused-ring (bicyclic) bond motifs is 1. The molecule has 0 bridgehead atoms. The lowest BCUT2D eigenvalue weighted by atomic mass is 9.94. The molecule has 1 heterocycles. The highest BCUT2D eigenvalue weighted by atomic mass is 32.1. The molecule has 1 aliphatic heterocycles. The average molecular weight is 279 g/mol. The normalized spacial score (nSPS) is 12.7. The van der Waals surface area contributed by atoms with Crippen molar-refractivity contribution in [3.63, 3.8) is 0 Å². The summed E-state index contributed by atoms with van der Waals surface area (Å²) in [4.78, 5) is 22.9. The lowest BCUT2D eigenvalue weighted by Gasteiger charge is -2.19. The molecule has 0 aliphatic carbocycles. The summed E-state index contributed by atoms with van der Waals surface area (Å²) in [6.45, 7) is 3.18. The van der Waals surface area contributed by atoms with Crippen molar-refractivity contribution in [2.75, 3.05) is 6.54 Å². The van der Waals surface area contributed by atoms with E-state index in [0.717, 1.165) is 17.0 Å². The maximum absolute atomic E-state index is 11.9. The molecule has 100 valence electrons. The topological polar surface area (TPSA) is 91.1 Å². The Labute approximate surface area is 113 Å². The molecule has 19 heavy (non-hydrogen) atoms. The summed E-state index contributed by atoms with van der Waals surface area (Å²) in [6.07, 6.45) is 0. The van der Waals surface area contributed by atoms with E-state index in [1.807, 2.05) is 0 Å². The van der Waals surface area contributed by atoms with Crippen LogP contribution in [-0.2, 0) is 16.1 Å². The first kappa shape index (κ1) is 13.4. The van der Waals surface area contributed by atoms with Crippen LogP contribution in [-0.4, -0.2) is 23.5 Å². The van der Waals surface area contributed by atoms with Crippen molar-refractivity contribution in [3.8, 4) is 0 Å². The third-order valence-corrected chi connectivity index (χ3v) is 3.34. The highest BCUT2D eigenvalue weighted by Crippen LogP contribution is 2.32. The molecule has 2 rings (SSSR count). The van der Waals surface area contributed by atoms with Crippen molar-refractivity contribution in [1.82, 2.24) is 5.32 Å². The molecule has 0 saturated heterocycles. The standard InChI is InChI=1S/C12H13N3O3S/c1-12(2,11(17)18)6-13-10(16)7-3-4-8-9(5-7)15-19-14-8/h3-5H,6H2,1-2H3,(H,13,16)(H,17,18). The van der Waals surface area contributed by atoms with Crippen LogP contribution in [0.3, 0.4) is 0 Å². The van der Waals surface area contributed by atoms with Gasteiger partial charge in [-0.25, -0.2) is 0 Å². The molecule has 0 saturated carbocycles. The number of rotatable bonds is 4. The fourth-order valence-electron chi connectivity index (χ4n) is 1.40. The summed E-state index contributed by atoms with van der Waals surface area (Å²) in [6, 6.07) is 5.00. The number of hydrogen-bond donors (Lipinski definition) is 2. The molecule has 7 heteroatoms. The van der Waals surface area contributed by atoms with E-state index in [2.05, 4.69) is 14.0 Å². The second-order valence-corrected chi connectivity index (χ2v) is 5.37. The van der Waals surface area contributed by atoms with E-state index < -0.39 is 11.4 Å². The molecule has 0 fully saturated rings. The van der Waals surface area contributed by atoms with Crippen LogP contribution in [0.25, 0.3) is 0 Å². The van der Waals surface area contributed by atoms with Gasteiger partial charge in [-0.15, -0.1) is 0 Å². The second-order valence-electron chi connectivity index (χ2n) is 4.84. The van der Waals surface area contributed by atoms with Crippen LogP contribution >= 0.6 is 0 Å². The lowest BCUT2D eigenvalue weighted by Crippen LogP contribution is -2.38. The molecular formula is C12H13N3O3S. The number of nitrogens with one attached hydrogen (secondary N) is 1. The van der Waals surface area contributed by atoms with Gasteiger partial charge in [-0.2, -0.15) is 8.73 Å².